The van der Waals surface area contributed by atoms with Crippen molar-refractivity contribution in [3.8, 4) is 0 Å². The van der Waals surface area contributed by atoms with E-state index in [1.807, 2.05) is 6.08 Å². The van der Waals surface area contributed by atoms with Crippen LogP contribution in [0.2, 0.25) is 18.1 Å². The Morgan fingerprint density at radius 3 is 2.41 bits per heavy atom. The van der Waals surface area contributed by atoms with Crippen molar-refractivity contribution in [1.82, 2.24) is 0 Å². The lowest BCUT2D eigenvalue weighted by atomic mass is 9.56. The summed E-state index contributed by atoms with van der Waals surface area (Å²) in [6.07, 6.45) is 13.0. The van der Waals surface area contributed by atoms with Crippen molar-refractivity contribution in [3.63, 3.8) is 0 Å². The molecule has 0 aliphatic heterocycles. The lowest BCUT2D eigenvalue weighted by Crippen LogP contribution is -2.56. The van der Waals surface area contributed by atoms with Crippen molar-refractivity contribution in [2.45, 2.75) is 155 Å². The van der Waals surface area contributed by atoms with Gasteiger partial charge >= 0.3 is 0 Å². The Balaban J connectivity index is 1.75. The maximum absolute atomic E-state index is 12.2. The van der Waals surface area contributed by atoms with E-state index in [2.05, 4.69) is 68.1 Å². The molecule has 0 saturated heterocycles. The molecule has 0 aromatic heterocycles. The maximum Gasteiger partial charge on any atom is 0.192 e. The molecule has 0 amide bonds. The highest BCUT2D eigenvalue weighted by molar-refractivity contribution is 6.74. The fraction of sp³-hybridized carbons (Fsp3) is 0.879. The zero-order valence-electron chi connectivity index (χ0n) is 25.8. The normalized spacial score (nSPS) is 36.2. The number of aliphatic hydroxyl groups excluding tert-OH is 1. The van der Waals surface area contributed by atoms with Gasteiger partial charge in [-0.05, 0) is 110 Å². The van der Waals surface area contributed by atoms with Crippen molar-refractivity contribution in [1.29, 1.82) is 0 Å². The molecule has 3 aliphatic rings. The molecular formula is C33H60O3Si. The molecule has 7 atom stereocenters. The molecular weight excluding hydrogens is 472 g/mol. The van der Waals surface area contributed by atoms with Gasteiger partial charge in [-0.1, -0.05) is 79.9 Å². The average molecular weight is 533 g/mol. The summed E-state index contributed by atoms with van der Waals surface area (Å²) < 4.78 is 6.76. The van der Waals surface area contributed by atoms with Crippen LogP contribution >= 0.6 is 0 Å². The second-order valence-corrected chi connectivity index (χ2v) is 20.1. The Labute approximate surface area is 230 Å². The van der Waals surface area contributed by atoms with Crippen LogP contribution in [-0.2, 0) is 4.43 Å². The van der Waals surface area contributed by atoms with Gasteiger partial charge in [0.2, 0.25) is 0 Å². The van der Waals surface area contributed by atoms with E-state index in [1.165, 1.54) is 32.1 Å². The Bertz CT molecular complexity index is 824. The summed E-state index contributed by atoms with van der Waals surface area (Å²) in [5, 5.41) is 24.0. The van der Waals surface area contributed by atoms with E-state index in [-0.39, 0.29) is 22.5 Å². The highest BCUT2D eigenvalue weighted by Gasteiger charge is 2.59. The molecule has 0 aromatic rings. The molecule has 3 saturated carbocycles. The van der Waals surface area contributed by atoms with Gasteiger partial charge in [0.1, 0.15) is 6.10 Å². The molecule has 0 radical (unpaired) electrons. The molecule has 0 heterocycles. The molecule has 0 aromatic carbocycles. The number of allylic oxidation sites excluding steroid dienone is 1. The SMILES string of the molecule is C=C1CC[C@H](O[Si](C)(C)C(C)(C)C)C/C1=C/[C@@H](O)[C@@]1(O)CCC[C@]2(C)[C@@H]([C@H](C)CCCC(C)C)CC[C@H]21. The molecule has 3 aliphatic carbocycles. The summed E-state index contributed by atoms with van der Waals surface area (Å²) in [6, 6.07) is 0. The van der Waals surface area contributed by atoms with E-state index in [4.69, 9.17) is 4.43 Å². The highest BCUT2D eigenvalue weighted by Crippen LogP contribution is 2.62. The second kappa shape index (κ2) is 11.6. The smallest absolute Gasteiger partial charge is 0.192 e. The third-order valence-corrected chi connectivity index (χ3v) is 15.8. The van der Waals surface area contributed by atoms with Gasteiger partial charge in [-0.2, -0.15) is 0 Å². The van der Waals surface area contributed by atoms with Gasteiger partial charge < -0.3 is 14.6 Å². The monoisotopic (exact) mass is 532 g/mol. The van der Waals surface area contributed by atoms with Crippen molar-refractivity contribution in [2.24, 2.45) is 29.1 Å². The third kappa shape index (κ3) is 6.66. The van der Waals surface area contributed by atoms with Crippen molar-refractivity contribution < 1.29 is 14.6 Å². The van der Waals surface area contributed by atoms with Crippen LogP contribution < -0.4 is 0 Å². The van der Waals surface area contributed by atoms with Crippen molar-refractivity contribution in [3.05, 3.63) is 23.8 Å². The lowest BCUT2D eigenvalue weighted by Gasteiger charge is -2.52. The zero-order valence-corrected chi connectivity index (χ0v) is 26.8. The van der Waals surface area contributed by atoms with E-state index in [9.17, 15) is 10.2 Å². The number of fused-ring (bicyclic) bond motifs is 1. The van der Waals surface area contributed by atoms with Gasteiger partial charge in [-0.3, -0.25) is 0 Å². The predicted octanol–water partition coefficient (Wildman–Crippen LogP) is 8.81. The Kier molecular flexibility index (Phi) is 9.75. The summed E-state index contributed by atoms with van der Waals surface area (Å²) in [4.78, 5) is 0. The first-order valence-electron chi connectivity index (χ1n) is 15.5. The largest absolute Gasteiger partial charge is 0.414 e. The van der Waals surface area contributed by atoms with E-state index in [0.717, 1.165) is 49.2 Å². The van der Waals surface area contributed by atoms with Crippen LogP contribution in [-0.4, -0.2) is 36.3 Å². The first-order valence-corrected chi connectivity index (χ1v) is 18.4. The minimum absolute atomic E-state index is 0.112. The van der Waals surface area contributed by atoms with Crippen molar-refractivity contribution >= 4 is 8.32 Å². The van der Waals surface area contributed by atoms with Crippen LogP contribution in [0.5, 0.6) is 0 Å². The molecule has 214 valence electrons. The summed E-state index contributed by atoms with van der Waals surface area (Å²) in [5.41, 5.74) is 1.29. The number of aliphatic hydroxyl groups is 2. The van der Waals surface area contributed by atoms with Crippen LogP contribution in [0, 0.1) is 29.1 Å². The second-order valence-electron chi connectivity index (χ2n) is 15.4. The molecule has 0 bridgehead atoms. The van der Waals surface area contributed by atoms with Crippen LogP contribution in [0.15, 0.2) is 23.8 Å². The van der Waals surface area contributed by atoms with Crippen LogP contribution in [0.25, 0.3) is 0 Å². The standard InChI is InChI=1S/C33H60O3Si/c1-23(2)13-11-14-25(4)28-17-18-29-32(28,8)19-12-20-33(29,35)30(34)22-26-21-27(16-15-24(26)3)36-37(9,10)31(5,6)7/h22-23,25,27-30,34-35H,3,11-21H2,1-2,4-10H3/b26-22-/t25-,27+,28-,29-,30-,32-,33-/m1/s1. The first-order chi connectivity index (χ1) is 17.0. The van der Waals surface area contributed by atoms with Gasteiger partial charge in [-0.25, -0.2) is 0 Å². The topological polar surface area (TPSA) is 49.7 Å². The molecule has 2 N–H and O–H groups in total. The fourth-order valence-electron chi connectivity index (χ4n) is 7.91. The molecule has 37 heavy (non-hydrogen) atoms. The molecule has 0 unspecified atom stereocenters. The van der Waals surface area contributed by atoms with Gasteiger partial charge in [0.15, 0.2) is 8.32 Å². The minimum Gasteiger partial charge on any atom is -0.414 e. The first kappa shape index (κ1) is 31.1. The van der Waals surface area contributed by atoms with Crippen LogP contribution in [0.4, 0.5) is 0 Å². The molecule has 4 heteroatoms. The molecule has 3 rings (SSSR count). The summed E-state index contributed by atoms with van der Waals surface area (Å²) in [7, 11) is -1.86. The third-order valence-electron chi connectivity index (χ3n) is 11.2. The van der Waals surface area contributed by atoms with E-state index in [1.54, 1.807) is 0 Å². The predicted molar refractivity (Wildman–Crippen MR) is 160 cm³/mol. The Hall–Kier alpha value is -0.423. The van der Waals surface area contributed by atoms with E-state index in [0.29, 0.717) is 18.3 Å². The van der Waals surface area contributed by atoms with Gasteiger partial charge in [0.05, 0.1) is 5.60 Å². The van der Waals surface area contributed by atoms with E-state index < -0.39 is 20.0 Å². The fourth-order valence-corrected chi connectivity index (χ4v) is 9.30. The molecule has 3 fully saturated rings. The van der Waals surface area contributed by atoms with Gasteiger partial charge in [-0.15, -0.1) is 0 Å². The highest BCUT2D eigenvalue weighted by atomic mass is 28.4. The number of hydrogen-bond donors (Lipinski definition) is 2. The molecule has 3 nitrogen and oxygen atoms in total. The molecule has 0 spiro atoms. The summed E-state index contributed by atoms with van der Waals surface area (Å²) in [5.74, 6) is 2.25. The van der Waals surface area contributed by atoms with Crippen LogP contribution in [0.1, 0.15) is 119 Å². The number of hydrogen-bond acceptors (Lipinski definition) is 3. The average Bonchev–Trinajstić information content (AvgIpc) is 3.13. The quantitative estimate of drug-likeness (QED) is 0.292. The van der Waals surface area contributed by atoms with Gasteiger partial charge in [0, 0.05) is 6.10 Å². The van der Waals surface area contributed by atoms with Gasteiger partial charge in [0.25, 0.3) is 0 Å². The van der Waals surface area contributed by atoms with Crippen LogP contribution in [0.3, 0.4) is 0 Å². The Morgan fingerprint density at radius 2 is 1.78 bits per heavy atom. The van der Waals surface area contributed by atoms with E-state index >= 15 is 0 Å². The summed E-state index contributed by atoms with van der Waals surface area (Å²) >= 11 is 0. The maximum atomic E-state index is 12.2. The Morgan fingerprint density at radius 1 is 1.11 bits per heavy atom. The van der Waals surface area contributed by atoms with Crippen molar-refractivity contribution in [2.75, 3.05) is 0 Å². The zero-order chi connectivity index (χ0) is 27.8. The number of rotatable bonds is 9. The summed E-state index contributed by atoms with van der Waals surface area (Å²) in [6.45, 7) is 25.4. The minimum atomic E-state index is -1.86. The lowest BCUT2D eigenvalue weighted by molar-refractivity contribution is -0.157.